The second kappa shape index (κ2) is 11.7. The zero-order chi connectivity index (χ0) is 7.82. The molecule has 0 heterocycles. The molecule has 0 aliphatic carbocycles. The van der Waals surface area contributed by atoms with Crippen LogP contribution in [0.1, 0.15) is 5.56 Å². The summed E-state index contributed by atoms with van der Waals surface area (Å²) in [5.74, 6) is 0. The quantitative estimate of drug-likeness (QED) is 0.692. The molecule has 0 aliphatic heterocycles. The van der Waals surface area contributed by atoms with E-state index in [4.69, 9.17) is 0 Å². The summed E-state index contributed by atoms with van der Waals surface area (Å²) in [7, 11) is 4.45. The van der Waals surface area contributed by atoms with E-state index >= 15 is 0 Å². The summed E-state index contributed by atoms with van der Waals surface area (Å²) in [4.78, 5) is 0. The Bertz CT molecular complexity index is 160. The van der Waals surface area contributed by atoms with Gasteiger partial charge in [-0.05, 0) is 10.1 Å². The Hall–Kier alpha value is 1.73. The first-order chi connectivity index (χ1) is 4.93. The Labute approximate surface area is 113 Å². The molecule has 1 aromatic rings. The van der Waals surface area contributed by atoms with Crippen molar-refractivity contribution < 1.29 is 22.4 Å². The van der Waals surface area contributed by atoms with Crippen LogP contribution in [-0.2, 0) is 26.1 Å². The van der Waals surface area contributed by atoms with Crippen LogP contribution in [0.5, 0.6) is 0 Å². The Balaban J connectivity index is 0. The molecule has 0 fully saturated rings. The van der Waals surface area contributed by atoms with Gasteiger partial charge in [0.1, 0.15) is 0 Å². The van der Waals surface area contributed by atoms with Crippen LogP contribution in [0.15, 0.2) is 30.3 Å². The zero-order valence-corrected chi connectivity index (χ0v) is 12.0. The van der Waals surface area contributed by atoms with Crippen LogP contribution >= 0.6 is 25.1 Å². The molecule has 61 valence electrons. The topological polar surface area (TPSA) is 0 Å². The molecule has 0 unspecified atom stereocenters. The molecule has 0 atom stereocenters. The number of rotatable bonds is 1. The first-order valence-corrected chi connectivity index (χ1v) is 6.61. The van der Waals surface area contributed by atoms with Gasteiger partial charge in [-0.25, -0.2) is 0 Å². The van der Waals surface area contributed by atoms with E-state index in [9.17, 15) is 0 Å². The van der Waals surface area contributed by atoms with Crippen molar-refractivity contribution in [2.75, 3.05) is 0 Å². The van der Waals surface area contributed by atoms with Gasteiger partial charge in [0.15, 0.2) is 0 Å². The van der Waals surface area contributed by atoms with E-state index < -0.39 is 0 Å². The molecule has 0 nitrogen and oxygen atoms in total. The van der Waals surface area contributed by atoms with Gasteiger partial charge in [-0.2, -0.15) is 0 Å². The zero-order valence-electron chi connectivity index (χ0n) is 6.15. The average Bonchev–Trinajstić information content (AvgIpc) is 2.10. The third kappa shape index (κ3) is 8.07. The second-order valence-electron chi connectivity index (χ2n) is 1.84. The summed E-state index contributed by atoms with van der Waals surface area (Å²) in [6, 6.07) is 10.6. The average molecular weight is 337 g/mol. The van der Waals surface area contributed by atoms with Gasteiger partial charge in [0, 0.05) is 37.4 Å². The summed E-state index contributed by atoms with van der Waals surface area (Å²) >= 11 is 3.69. The molecule has 0 bridgehead atoms. The Kier molecular flexibility index (Phi) is 16.2. The normalized spacial score (nSPS) is 7.27. The monoisotopic (exact) mass is 335 g/mol. The van der Waals surface area contributed by atoms with Crippen LogP contribution < -0.4 is 0 Å². The van der Waals surface area contributed by atoms with Crippen molar-refractivity contribution in [3.05, 3.63) is 35.9 Å². The van der Waals surface area contributed by atoms with Gasteiger partial charge in [-0.15, -0.1) is 0 Å². The van der Waals surface area contributed by atoms with Crippen molar-refractivity contribution in [1.82, 2.24) is 0 Å². The van der Waals surface area contributed by atoms with E-state index in [1.54, 1.807) is 0 Å². The molecule has 1 aromatic carbocycles. The van der Waals surface area contributed by atoms with Crippen molar-refractivity contribution in [2.45, 2.75) is 3.67 Å². The third-order valence-corrected chi connectivity index (χ3v) is 2.07. The van der Waals surface area contributed by atoms with Crippen LogP contribution in [0, 0.1) is 0 Å². The van der Waals surface area contributed by atoms with Gasteiger partial charge in [0.05, 0.1) is 0 Å². The molecule has 4 heteroatoms. The molecule has 11 heavy (non-hydrogen) atoms. The van der Waals surface area contributed by atoms with Crippen molar-refractivity contribution in [3.63, 3.8) is 0 Å². The molecule has 0 aromatic heterocycles. The third-order valence-electron chi connectivity index (χ3n) is 1.25. The number of halogens is 2. The molecule has 0 saturated carbocycles. The van der Waals surface area contributed by atoms with Gasteiger partial charge in [0.25, 0.3) is 0 Å². The van der Waals surface area contributed by atoms with Crippen LogP contribution in [0.2, 0.25) is 0 Å². The maximum atomic E-state index is 4.45. The fourth-order valence-electron chi connectivity index (χ4n) is 0.714. The van der Waals surface area contributed by atoms with Crippen molar-refractivity contribution >= 4 is 53.1 Å². The van der Waals surface area contributed by atoms with Crippen molar-refractivity contribution in [3.8, 4) is 0 Å². The van der Waals surface area contributed by atoms with Crippen LogP contribution in [0.4, 0.5) is 0 Å². The Morgan fingerprint density at radius 2 is 1.64 bits per heavy atom. The standard InChI is InChI=1S/C7H7.Ag.BrCl.Na/c1-7-5-3-2-4-6-7;;1-2;/h2-6H,1H2;;;. The van der Waals surface area contributed by atoms with E-state index in [1.165, 1.54) is 37.2 Å². The Morgan fingerprint density at radius 3 is 1.91 bits per heavy atom. The first-order valence-electron chi connectivity index (χ1n) is 3.11. The molecule has 1 radical (unpaired) electrons. The predicted octanol–water partition coefficient (Wildman–Crippen LogP) is 2.89. The number of hydrogen-bond donors (Lipinski definition) is 0. The van der Waals surface area contributed by atoms with Crippen LogP contribution in [0.3, 0.4) is 0 Å². The van der Waals surface area contributed by atoms with Crippen LogP contribution in [-0.4, -0.2) is 27.9 Å². The Morgan fingerprint density at radius 1 is 1.18 bits per heavy atom. The van der Waals surface area contributed by atoms with E-state index in [0.717, 1.165) is 0 Å². The first kappa shape index (κ1) is 15.2. The summed E-state index contributed by atoms with van der Waals surface area (Å²) in [6.07, 6.45) is 0. The molecule has 0 spiro atoms. The summed E-state index contributed by atoms with van der Waals surface area (Å²) in [5, 5.41) is 0. The van der Waals surface area contributed by atoms with Crippen molar-refractivity contribution in [2.24, 2.45) is 0 Å². The van der Waals surface area contributed by atoms with Crippen LogP contribution in [0.25, 0.3) is 0 Å². The SMILES string of the molecule is ClBr.[Ag].[Na][CH2]c1ccccc1. The number of benzene rings is 1. The minimum absolute atomic E-state index is 0. The van der Waals surface area contributed by atoms with E-state index in [1.807, 2.05) is 0 Å². The van der Waals surface area contributed by atoms with Gasteiger partial charge in [-0.3, -0.25) is 0 Å². The summed E-state index contributed by atoms with van der Waals surface area (Å²) < 4.78 is 1.28. The van der Waals surface area contributed by atoms with E-state index in [0.29, 0.717) is 0 Å². The molecule has 0 N–H and O–H groups in total. The maximum absolute atomic E-state index is 4.45. The molecule has 0 amide bonds. The minimum atomic E-state index is 0. The fourth-order valence-corrected chi connectivity index (χ4v) is 1.19. The van der Waals surface area contributed by atoms with Gasteiger partial charge >= 0.3 is 67.5 Å². The summed E-state index contributed by atoms with van der Waals surface area (Å²) in [5.41, 5.74) is 1.47. The van der Waals surface area contributed by atoms with Crippen molar-refractivity contribution in [1.29, 1.82) is 0 Å². The number of hydrogen-bond acceptors (Lipinski definition) is 0. The van der Waals surface area contributed by atoms with Gasteiger partial charge < -0.3 is 0 Å². The molecule has 0 saturated heterocycles. The molecule has 0 aliphatic rings. The predicted molar refractivity (Wildman–Crippen MR) is 50.7 cm³/mol. The fraction of sp³-hybridized carbons (Fsp3) is 0.143. The van der Waals surface area contributed by atoms with Gasteiger partial charge in [0.2, 0.25) is 0 Å². The van der Waals surface area contributed by atoms with E-state index in [2.05, 4.69) is 55.5 Å². The van der Waals surface area contributed by atoms with E-state index in [-0.39, 0.29) is 22.4 Å². The molecular formula is C7H7AgBrClNa. The van der Waals surface area contributed by atoms with Gasteiger partial charge in [-0.1, -0.05) is 0 Å². The molecular weight excluding hydrogens is 330 g/mol. The second-order valence-corrected chi connectivity index (χ2v) is 2.55. The molecule has 1 rings (SSSR count). The summed E-state index contributed by atoms with van der Waals surface area (Å²) in [6.45, 7) is 0.